The van der Waals surface area contributed by atoms with Gasteiger partial charge in [-0.2, -0.15) is 0 Å². The van der Waals surface area contributed by atoms with Crippen LogP contribution in [0.3, 0.4) is 0 Å². The molecule has 1 aromatic heterocycles. The van der Waals surface area contributed by atoms with E-state index in [1.165, 1.54) is 18.2 Å². The molecular formula is C26H23N3O4. The van der Waals surface area contributed by atoms with Crippen LogP contribution < -0.4 is 5.56 Å². The number of nitro groups is 1. The highest BCUT2D eigenvalue weighted by Gasteiger charge is 2.15. The fraction of sp³-hybridized carbons (Fsp3) is 0.192. The minimum absolute atomic E-state index is 0.0142. The number of fused-ring (bicyclic) bond motifs is 1. The Balaban J connectivity index is 1.72. The van der Waals surface area contributed by atoms with Gasteiger partial charge in [-0.25, -0.2) is 4.98 Å². The quantitative estimate of drug-likeness (QED) is 0.224. The Labute approximate surface area is 190 Å². The van der Waals surface area contributed by atoms with Gasteiger partial charge in [0.05, 0.1) is 22.4 Å². The zero-order chi connectivity index (χ0) is 23.5. The molecule has 0 aliphatic rings. The largest absolute Gasteiger partial charge is 0.295 e. The molecule has 7 heteroatoms. The highest BCUT2D eigenvalue weighted by molar-refractivity contribution is 5.95. The van der Waals surface area contributed by atoms with E-state index in [4.69, 9.17) is 0 Å². The molecule has 4 aromatic rings. The zero-order valence-corrected chi connectivity index (χ0v) is 18.4. The summed E-state index contributed by atoms with van der Waals surface area (Å²) in [6, 6.07) is 19.4. The van der Waals surface area contributed by atoms with Crippen molar-refractivity contribution in [3.8, 4) is 11.1 Å². The van der Waals surface area contributed by atoms with Crippen LogP contribution in [0.5, 0.6) is 0 Å². The summed E-state index contributed by atoms with van der Waals surface area (Å²) in [6.07, 6.45) is 1.44. The van der Waals surface area contributed by atoms with E-state index in [9.17, 15) is 19.7 Å². The van der Waals surface area contributed by atoms with Crippen molar-refractivity contribution in [3.63, 3.8) is 0 Å². The Morgan fingerprint density at radius 2 is 1.79 bits per heavy atom. The van der Waals surface area contributed by atoms with E-state index in [2.05, 4.69) is 4.98 Å². The average molecular weight is 441 g/mol. The summed E-state index contributed by atoms with van der Waals surface area (Å²) in [5.41, 5.74) is 3.52. The van der Waals surface area contributed by atoms with Gasteiger partial charge in [0, 0.05) is 24.1 Å². The first kappa shape index (κ1) is 22.1. The molecule has 0 saturated heterocycles. The molecule has 7 nitrogen and oxygen atoms in total. The molecule has 4 rings (SSSR count). The lowest BCUT2D eigenvalue weighted by molar-refractivity contribution is -0.384. The standard InChI is InChI=1S/C26H23N3O4/c1-3-5-25-27-24-13-12-22(29(32)33)15-23(24)26(31)28(25)16-18-8-10-19(11-9-18)21-7-4-6-20(14-21)17(2)30/h4,6-15H,3,5,16H2,1-2H3. The smallest absolute Gasteiger partial charge is 0.270 e. The number of carbonyl (C=O) groups excluding carboxylic acids is 1. The lowest BCUT2D eigenvalue weighted by Crippen LogP contribution is -2.26. The molecule has 0 atom stereocenters. The molecule has 0 unspecified atom stereocenters. The van der Waals surface area contributed by atoms with Crippen LogP contribution in [0.25, 0.3) is 22.0 Å². The van der Waals surface area contributed by atoms with E-state index in [0.29, 0.717) is 29.9 Å². The topological polar surface area (TPSA) is 95.1 Å². The number of rotatable bonds is 7. The zero-order valence-electron chi connectivity index (χ0n) is 18.4. The average Bonchev–Trinajstić information content (AvgIpc) is 2.82. The first-order chi connectivity index (χ1) is 15.9. The number of ketones is 1. The fourth-order valence-electron chi connectivity index (χ4n) is 3.85. The second-order valence-electron chi connectivity index (χ2n) is 7.96. The van der Waals surface area contributed by atoms with Crippen molar-refractivity contribution >= 4 is 22.4 Å². The van der Waals surface area contributed by atoms with Gasteiger partial charge in [0.2, 0.25) is 0 Å². The molecule has 0 spiro atoms. The lowest BCUT2D eigenvalue weighted by atomic mass is 10.0. The third kappa shape index (κ3) is 4.57. The molecule has 166 valence electrons. The molecule has 0 fully saturated rings. The number of hydrogen-bond acceptors (Lipinski definition) is 5. The third-order valence-corrected chi connectivity index (χ3v) is 5.60. The van der Waals surface area contributed by atoms with Crippen molar-refractivity contribution in [3.05, 3.63) is 104 Å². The van der Waals surface area contributed by atoms with Crippen molar-refractivity contribution in [2.24, 2.45) is 0 Å². The predicted molar refractivity (Wildman–Crippen MR) is 128 cm³/mol. The summed E-state index contributed by atoms with van der Waals surface area (Å²) in [4.78, 5) is 40.2. The van der Waals surface area contributed by atoms with Crippen LogP contribution in [0.15, 0.2) is 71.5 Å². The number of benzene rings is 3. The van der Waals surface area contributed by atoms with Crippen LogP contribution in [0.2, 0.25) is 0 Å². The van der Waals surface area contributed by atoms with E-state index < -0.39 is 4.92 Å². The highest BCUT2D eigenvalue weighted by atomic mass is 16.6. The normalized spacial score (nSPS) is 11.0. The van der Waals surface area contributed by atoms with Gasteiger partial charge in [0.15, 0.2) is 5.78 Å². The van der Waals surface area contributed by atoms with Crippen molar-refractivity contribution in [1.29, 1.82) is 0 Å². The van der Waals surface area contributed by atoms with E-state index in [1.54, 1.807) is 17.6 Å². The van der Waals surface area contributed by atoms with Crippen LogP contribution in [0, 0.1) is 10.1 Å². The van der Waals surface area contributed by atoms with E-state index >= 15 is 0 Å². The van der Waals surface area contributed by atoms with Gasteiger partial charge in [0.25, 0.3) is 11.2 Å². The summed E-state index contributed by atoms with van der Waals surface area (Å²) in [7, 11) is 0. The Bertz CT molecular complexity index is 1420. The Kier molecular flexibility index (Phi) is 6.13. The summed E-state index contributed by atoms with van der Waals surface area (Å²) in [6.45, 7) is 3.87. The number of Topliss-reactive ketones (excluding diaryl/α,β-unsaturated/α-hetero) is 1. The minimum Gasteiger partial charge on any atom is -0.295 e. The SMILES string of the molecule is CCCc1nc2ccc([N+](=O)[O-])cc2c(=O)n1Cc1ccc(-c2cccc(C(C)=O)c2)cc1. The second kappa shape index (κ2) is 9.16. The van der Waals surface area contributed by atoms with E-state index in [1.807, 2.05) is 49.4 Å². The summed E-state index contributed by atoms with van der Waals surface area (Å²) in [5.74, 6) is 0.669. The molecule has 0 saturated carbocycles. The first-order valence-electron chi connectivity index (χ1n) is 10.8. The molecule has 0 radical (unpaired) electrons. The summed E-state index contributed by atoms with van der Waals surface area (Å²) in [5, 5.41) is 11.4. The number of hydrogen-bond donors (Lipinski definition) is 0. The maximum atomic E-state index is 13.3. The Hall–Kier alpha value is -4.13. The maximum Gasteiger partial charge on any atom is 0.270 e. The molecular weight excluding hydrogens is 418 g/mol. The second-order valence-corrected chi connectivity index (χ2v) is 7.96. The maximum absolute atomic E-state index is 13.3. The van der Waals surface area contributed by atoms with E-state index in [0.717, 1.165) is 23.1 Å². The van der Waals surface area contributed by atoms with Crippen LogP contribution in [0.4, 0.5) is 5.69 Å². The number of aromatic nitrogens is 2. The highest BCUT2D eigenvalue weighted by Crippen LogP contribution is 2.22. The van der Waals surface area contributed by atoms with Crippen molar-refractivity contribution in [1.82, 2.24) is 9.55 Å². The number of nitrogens with zero attached hydrogens (tertiary/aromatic N) is 3. The van der Waals surface area contributed by atoms with Gasteiger partial charge in [-0.15, -0.1) is 0 Å². The summed E-state index contributed by atoms with van der Waals surface area (Å²) < 4.78 is 1.60. The van der Waals surface area contributed by atoms with Gasteiger partial charge >= 0.3 is 0 Å². The first-order valence-corrected chi connectivity index (χ1v) is 10.8. The number of nitro benzene ring substituents is 1. The monoisotopic (exact) mass is 441 g/mol. The van der Waals surface area contributed by atoms with Crippen LogP contribution in [-0.2, 0) is 13.0 Å². The van der Waals surface area contributed by atoms with Crippen LogP contribution >= 0.6 is 0 Å². The van der Waals surface area contributed by atoms with Crippen molar-refractivity contribution < 1.29 is 9.72 Å². The molecule has 0 amide bonds. The minimum atomic E-state index is -0.511. The number of carbonyl (C=O) groups is 1. The van der Waals surface area contributed by atoms with Gasteiger partial charge in [-0.05, 0) is 42.2 Å². The Morgan fingerprint density at radius 3 is 2.45 bits per heavy atom. The molecule has 0 aliphatic carbocycles. The number of non-ortho nitro benzene ring substituents is 1. The Morgan fingerprint density at radius 1 is 1.03 bits per heavy atom. The predicted octanol–water partition coefficient (Wildman–Crippen LogP) is 5.18. The van der Waals surface area contributed by atoms with E-state index in [-0.39, 0.29) is 22.4 Å². The van der Waals surface area contributed by atoms with Gasteiger partial charge in [0.1, 0.15) is 5.82 Å². The van der Waals surface area contributed by atoms with Crippen molar-refractivity contribution in [2.75, 3.05) is 0 Å². The number of aryl methyl sites for hydroxylation is 1. The molecule has 0 N–H and O–H groups in total. The fourth-order valence-corrected chi connectivity index (χ4v) is 3.85. The van der Waals surface area contributed by atoms with Crippen LogP contribution in [0.1, 0.15) is 42.0 Å². The van der Waals surface area contributed by atoms with Crippen LogP contribution in [-0.4, -0.2) is 20.3 Å². The van der Waals surface area contributed by atoms with Gasteiger partial charge < -0.3 is 0 Å². The molecule has 3 aromatic carbocycles. The molecule has 0 bridgehead atoms. The van der Waals surface area contributed by atoms with Gasteiger partial charge in [-0.1, -0.05) is 49.4 Å². The molecule has 1 heterocycles. The lowest BCUT2D eigenvalue weighted by Gasteiger charge is -2.14. The molecule has 0 aliphatic heterocycles. The van der Waals surface area contributed by atoms with Gasteiger partial charge in [-0.3, -0.25) is 24.3 Å². The third-order valence-electron chi connectivity index (χ3n) is 5.60. The molecule has 33 heavy (non-hydrogen) atoms. The van der Waals surface area contributed by atoms with Crippen molar-refractivity contribution in [2.45, 2.75) is 33.2 Å². The summed E-state index contributed by atoms with van der Waals surface area (Å²) >= 11 is 0.